The summed E-state index contributed by atoms with van der Waals surface area (Å²) in [6, 6.07) is 10.3. The maximum Gasteiger partial charge on any atom is 0.240 e. The molecule has 2 N–H and O–H groups in total. The topological polar surface area (TPSA) is 89.0 Å². The van der Waals surface area contributed by atoms with Gasteiger partial charge in [-0.2, -0.15) is 5.10 Å². The molecule has 2 rings (SSSR count). The summed E-state index contributed by atoms with van der Waals surface area (Å²) in [4.78, 5) is 23.9. The van der Waals surface area contributed by atoms with Crippen molar-refractivity contribution in [1.29, 1.82) is 0 Å². The number of nitrogens with zero attached hydrogens (tertiary/aromatic N) is 1. The summed E-state index contributed by atoms with van der Waals surface area (Å²) in [6.07, 6.45) is 1.49. The van der Waals surface area contributed by atoms with Gasteiger partial charge in [0, 0.05) is 23.6 Å². The molecule has 0 aliphatic carbocycles. The van der Waals surface area contributed by atoms with Crippen LogP contribution < -0.4 is 20.2 Å². The Bertz CT molecular complexity index is 934. The molecule has 0 spiro atoms. The Hall–Kier alpha value is -2.58. The molecule has 30 heavy (non-hydrogen) atoms. The summed E-state index contributed by atoms with van der Waals surface area (Å²) < 4.78 is 11.8. The Morgan fingerprint density at radius 3 is 2.60 bits per heavy atom. The Labute approximate surface area is 188 Å². The summed E-state index contributed by atoms with van der Waals surface area (Å²) in [7, 11) is 1.55. The number of carbonyl (C=O) groups is 2. The Balaban J connectivity index is 1.86. The minimum atomic E-state index is -0.377. The van der Waals surface area contributed by atoms with E-state index >= 15 is 0 Å². The molecule has 7 nitrogen and oxygen atoms in total. The Morgan fingerprint density at radius 2 is 1.93 bits per heavy atom. The number of benzene rings is 2. The number of hydrazone groups is 1. The molecular formula is C21H23BrClN3O4. The van der Waals surface area contributed by atoms with Gasteiger partial charge in [0.05, 0.1) is 23.9 Å². The van der Waals surface area contributed by atoms with E-state index in [1.807, 2.05) is 13.8 Å². The lowest BCUT2D eigenvalue weighted by Gasteiger charge is -2.15. The predicted octanol–water partition coefficient (Wildman–Crippen LogP) is 4.77. The second-order valence-corrected chi connectivity index (χ2v) is 7.84. The number of anilines is 1. The van der Waals surface area contributed by atoms with Crippen LogP contribution in [0.1, 0.15) is 32.3 Å². The van der Waals surface area contributed by atoms with Crippen LogP contribution >= 0.6 is 27.5 Å². The fourth-order valence-corrected chi connectivity index (χ4v) is 3.16. The number of carbonyl (C=O) groups excluding carboxylic acids is 2. The maximum absolute atomic E-state index is 11.9. The number of hydrogen-bond donors (Lipinski definition) is 2. The van der Waals surface area contributed by atoms with E-state index in [4.69, 9.17) is 21.1 Å². The van der Waals surface area contributed by atoms with E-state index in [0.29, 0.717) is 32.2 Å². The highest BCUT2D eigenvalue weighted by molar-refractivity contribution is 9.10. The number of rotatable bonds is 9. The molecule has 2 aromatic rings. The molecule has 0 aliphatic rings. The highest BCUT2D eigenvalue weighted by atomic mass is 79.9. The lowest BCUT2D eigenvalue weighted by atomic mass is 10.2. The largest absolute Gasteiger partial charge is 0.493 e. The lowest BCUT2D eigenvalue weighted by molar-refractivity contribution is -0.124. The minimum Gasteiger partial charge on any atom is -0.493 e. The van der Waals surface area contributed by atoms with Gasteiger partial charge in [-0.1, -0.05) is 17.7 Å². The molecule has 0 fully saturated rings. The minimum absolute atomic E-state index is 0.00206. The van der Waals surface area contributed by atoms with Crippen molar-refractivity contribution in [3.05, 3.63) is 51.5 Å². The third kappa shape index (κ3) is 7.68. The average Bonchev–Trinajstić information content (AvgIpc) is 2.68. The van der Waals surface area contributed by atoms with E-state index in [9.17, 15) is 9.59 Å². The molecule has 160 valence electrons. The molecule has 9 heteroatoms. The number of hydrogen-bond acceptors (Lipinski definition) is 5. The molecule has 0 radical (unpaired) electrons. The second-order valence-electron chi connectivity index (χ2n) is 6.55. The number of ether oxygens (including phenoxy) is 2. The van der Waals surface area contributed by atoms with Gasteiger partial charge in [0.1, 0.15) is 0 Å². The molecule has 2 amide bonds. The van der Waals surface area contributed by atoms with Crippen LogP contribution in [0.3, 0.4) is 0 Å². The molecule has 0 unspecified atom stereocenters. The van der Waals surface area contributed by atoms with Gasteiger partial charge in [-0.15, -0.1) is 0 Å². The van der Waals surface area contributed by atoms with Crippen LogP contribution in [0.4, 0.5) is 5.69 Å². The van der Waals surface area contributed by atoms with Crippen LogP contribution in [-0.4, -0.2) is 31.2 Å². The number of nitrogens with one attached hydrogen (secondary N) is 2. The molecule has 0 atom stereocenters. The maximum atomic E-state index is 11.9. The van der Waals surface area contributed by atoms with Gasteiger partial charge in [-0.05, 0) is 65.7 Å². The van der Waals surface area contributed by atoms with Crippen molar-refractivity contribution in [3.63, 3.8) is 0 Å². The van der Waals surface area contributed by atoms with Crippen molar-refractivity contribution >= 4 is 51.2 Å². The third-order valence-corrected chi connectivity index (χ3v) is 4.52. The van der Waals surface area contributed by atoms with Crippen molar-refractivity contribution in [2.45, 2.75) is 32.8 Å². The van der Waals surface area contributed by atoms with Crippen LogP contribution in [0.5, 0.6) is 11.5 Å². The van der Waals surface area contributed by atoms with E-state index in [-0.39, 0.29) is 30.8 Å². The zero-order valence-corrected chi connectivity index (χ0v) is 19.2. The molecule has 0 heterocycles. The molecule has 2 aromatic carbocycles. The molecule has 0 aromatic heterocycles. The van der Waals surface area contributed by atoms with Gasteiger partial charge >= 0.3 is 0 Å². The average molecular weight is 497 g/mol. The third-order valence-electron chi connectivity index (χ3n) is 3.70. The van der Waals surface area contributed by atoms with E-state index in [0.717, 1.165) is 0 Å². The fraction of sp³-hybridized carbons (Fsp3) is 0.286. The van der Waals surface area contributed by atoms with Crippen LogP contribution in [-0.2, 0) is 9.59 Å². The first-order chi connectivity index (χ1) is 14.3. The van der Waals surface area contributed by atoms with Crippen molar-refractivity contribution in [3.8, 4) is 11.5 Å². The molecule has 0 saturated heterocycles. The summed E-state index contributed by atoms with van der Waals surface area (Å²) in [5.74, 6) is 0.479. The van der Waals surface area contributed by atoms with Gasteiger partial charge in [0.2, 0.25) is 11.8 Å². The Kier molecular flexibility index (Phi) is 9.14. The molecular weight excluding hydrogens is 474 g/mol. The fourth-order valence-electron chi connectivity index (χ4n) is 2.42. The second kappa shape index (κ2) is 11.6. The standard InChI is InChI=1S/C21H23BrClN3O4/c1-13(2)30-21-17(22)9-14(10-18(21)29-3)12-24-26-20(28)8-7-19(27)25-16-6-4-5-15(23)11-16/h4-6,9-13H,7-8H2,1-3H3,(H,25,27)(H,26,28). The van der Waals surface area contributed by atoms with Crippen LogP contribution in [0.2, 0.25) is 5.02 Å². The highest BCUT2D eigenvalue weighted by Crippen LogP contribution is 2.36. The van der Waals surface area contributed by atoms with E-state index in [2.05, 4.69) is 31.8 Å². The molecule has 0 aliphatic heterocycles. The predicted molar refractivity (Wildman–Crippen MR) is 122 cm³/mol. The van der Waals surface area contributed by atoms with E-state index in [1.54, 1.807) is 43.5 Å². The van der Waals surface area contributed by atoms with E-state index in [1.165, 1.54) is 6.21 Å². The van der Waals surface area contributed by atoms with Gasteiger partial charge in [-0.3, -0.25) is 9.59 Å². The normalized spacial score (nSPS) is 10.9. The number of methoxy groups -OCH3 is 1. The van der Waals surface area contributed by atoms with Crippen LogP contribution in [0.25, 0.3) is 0 Å². The van der Waals surface area contributed by atoms with E-state index < -0.39 is 0 Å². The summed E-state index contributed by atoms with van der Waals surface area (Å²) in [5, 5.41) is 7.14. The first kappa shape index (κ1) is 23.7. The lowest BCUT2D eigenvalue weighted by Crippen LogP contribution is -2.20. The first-order valence-electron chi connectivity index (χ1n) is 9.20. The number of halogens is 2. The van der Waals surface area contributed by atoms with Crippen molar-refractivity contribution in [2.24, 2.45) is 5.10 Å². The Morgan fingerprint density at radius 1 is 1.20 bits per heavy atom. The first-order valence-corrected chi connectivity index (χ1v) is 10.4. The molecule has 0 bridgehead atoms. The van der Waals surface area contributed by atoms with Crippen LogP contribution in [0, 0.1) is 0 Å². The zero-order valence-electron chi connectivity index (χ0n) is 16.9. The van der Waals surface area contributed by atoms with Gasteiger partial charge < -0.3 is 14.8 Å². The SMILES string of the molecule is COc1cc(C=NNC(=O)CCC(=O)Nc2cccc(Cl)c2)cc(Br)c1OC(C)C. The number of amides is 2. The summed E-state index contributed by atoms with van der Waals surface area (Å²) in [6.45, 7) is 3.85. The van der Waals surface area contributed by atoms with Gasteiger partial charge in [-0.25, -0.2) is 5.43 Å². The zero-order chi connectivity index (χ0) is 22.1. The highest BCUT2D eigenvalue weighted by Gasteiger charge is 2.13. The van der Waals surface area contributed by atoms with Gasteiger partial charge in [0.15, 0.2) is 11.5 Å². The van der Waals surface area contributed by atoms with Crippen LogP contribution in [0.15, 0.2) is 46.0 Å². The smallest absolute Gasteiger partial charge is 0.240 e. The molecule has 0 saturated carbocycles. The van der Waals surface area contributed by atoms with Crippen molar-refractivity contribution in [2.75, 3.05) is 12.4 Å². The van der Waals surface area contributed by atoms with Gasteiger partial charge in [0.25, 0.3) is 0 Å². The monoisotopic (exact) mass is 495 g/mol. The van der Waals surface area contributed by atoms with Crippen molar-refractivity contribution in [1.82, 2.24) is 5.43 Å². The summed E-state index contributed by atoms with van der Waals surface area (Å²) in [5.41, 5.74) is 3.69. The quantitative estimate of drug-likeness (QED) is 0.387. The summed E-state index contributed by atoms with van der Waals surface area (Å²) >= 11 is 9.33. The van der Waals surface area contributed by atoms with Crippen molar-refractivity contribution < 1.29 is 19.1 Å².